The molecule has 1 saturated carbocycles. The summed E-state index contributed by atoms with van der Waals surface area (Å²) in [7, 11) is 1.93. The van der Waals surface area contributed by atoms with Crippen LogP contribution in [0.4, 0.5) is 5.69 Å². The van der Waals surface area contributed by atoms with E-state index in [-0.39, 0.29) is 23.7 Å². The molecule has 0 spiro atoms. The highest BCUT2D eigenvalue weighted by Gasteiger charge is 2.48. The van der Waals surface area contributed by atoms with Crippen molar-refractivity contribution in [2.75, 3.05) is 12.4 Å². The maximum absolute atomic E-state index is 12.2. The Morgan fingerprint density at radius 1 is 1.26 bits per heavy atom. The van der Waals surface area contributed by atoms with Crippen LogP contribution in [0.15, 0.2) is 24.3 Å². The summed E-state index contributed by atoms with van der Waals surface area (Å²) in [5, 5.41) is 6.15. The molecule has 3 nitrogen and oxygen atoms in total. The Morgan fingerprint density at radius 3 is 2.37 bits per heavy atom. The summed E-state index contributed by atoms with van der Waals surface area (Å²) in [5.41, 5.74) is 2.07. The van der Waals surface area contributed by atoms with Gasteiger partial charge in [0, 0.05) is 17.6 Å². The van der Waals surface area contributed by atoms with E-state index in [1.165, 1.54) is 5.56 Å². The highest BCUT2D eigenvalue weighted by molar-refractivity contribution is 5.97. The molecule has 0 heterocycles. The number of amides is 1. The van der Waals surface area contributed by atoms with Crippen LogP contribution in [0.2, 0.25) is 0 Å². The molecular formula is C15H23ClN2O. The molecule has 1 aliphatic rings. The van der Waals surface area contributed by atoms with E-state index >= 15 is 0 Å². The first-order chi connectivity index (χ1) is 8.70. The van der Waals surface area contributed by atoms with Gasteiger partial charge in [-0.25, -0.2) is 0 Å². The van der Waals surface area contributed by atoms with Gasteiger partial charge in [-0.3, -0.25) is 4.79 Å². The SMILES string of the molecule is CCCC1(C(=O)Nc2ccc(CNC)cc2)CC1.Cl. The Morgan fingerprint density at radius 2 is 1.89 bits per heavy atom. The molecule has 1 aliphatic carbocycles. The molecule has 2 N–H and O–H groups in total. The minimum atomic E-state index is -0.0571. The Bertz CT molecular complexity index is 413. The van der Waals surface area contributed by atoms with Crippen LogP contribution in [0.25, 0.3) is 0 Å². The Hall–Kier alpha value is -1.06. The highest BCUT2D eigenvalue weighted by atomic mass is 35.5. The number of carbonyl (C=O) groups is 1. The zero-order valence-corrected chi connectivity index (χ0v) is 12.5. The monoisotopic (exact) mass is 282 g/mol. The van der Waals surface area contributed by atoms with E-state index in [0.29, 0.717) is 0 Å². The molecule has 19 heavy (non-hydrogen) atoms. The van der Waals surface area contributed by atoms with Gasteiger partial charge in [0.15, 0.2) is 0 Å². The van der Waals surface area contributed by atoms with Gasteiger partial charge in [-0.2, -0.15) is 0 Å². The molecule has 0 aliphatic heterocycles. The quantitative estimate of drug-likeness (QED) is 0.840. The fourth-order valence-electron chi connectivity index (χ4n) is 2.39. The van der Waals surface area contributed by atoms with Crippen LogP contribution < -0.4 is 10.6 Å². The topological polar surface area (TPSA) is 41.1 Å². The average molecular weight is 283 g/mol. The molecule has 1 fully saturated rings. The van der Waals surface area contributed by atoms with Gasteiger partial charge in [0.2, 0.25) is 5.91 Å². The third-order valence-corrected chi connectivity index (χ3v) is 3.66. The van der Waals surface area contributed by atoms with Crippen molar-refractivity contribution >= 4 is 24.0 Å². The Kier molecular flexibility index (Phi) is 5.83. The van der Waals surface area contributed by atoms with E-state index < -0.39 is 0 Å². The van der Waals surface area contributed by atoms with Crippen molar-refractivity contribution in [3.8, 4) is 0 Å². The molecule has 0 bridgehead atoms. The van der Waals surface area contributed by atoms with Gasteiger partial charge in [0.25, 0.3) is 0 Å². The lowest BCUT2D eigenvalue weighted by atomic mass is 9.99. The lowest BCUT2D eigenvalue weighted by Crippen LogP contribution is -2.24. The van der Waals surface area contributed by atoms with Gasteiger partial charge >= 0.3 is 0 Å². The number of halogens is 1. The van der Waals surface area contributed by atoms with Crippen LogP contribution in [0, 0.1) is 5.41 Å². The number of hydrogen-bond acceptors (Lipinski definition) is 2. The smallest absolute Gasteiger partial charge is 0.230 e. The van der Waals surface area contributed by atoms with Crippen molar-refractivity contribution < 1.29 is 4.79 Å². The van der Waals surface area contributed by atoms with Crippen LogP contribution in [-0.2, 0) is 11.3 Å². The van der Waals surface area contributed by atoms with Crippen molar-refractivity contribution in [3.05, 3.63) is 29.8 Å². The van der Waals surface area contributed by atoms with Gasteiger partial charge in [0.05, 0.1) is 0 Å². The number of carbonyl (C=O) groups excluding carboxylic acids is 1. The summed E-state index contributed by atoms with van der Waals surface area (Å²) in [4.78, 5) is 12.2. The number of nitrogens with one attached hydrogen (secondary N) is 2. The fraction of sp³-hybridized carbons (Fsp3) is 0.533. The van der Waals surface area contributed by atoms with Crippen molar-refractivity contribution in [2.24, 2.45) is 5.41 Å². The number of rotatable bonds is 6. The fourth-order valence-corrected chi connectivity index (χ4v) is 2.39. The molecule has 1 aromatic carbocycles. The first-order valence-corrected chi connectivity index (χ1v) is 6.75. The zero-order valence-electron chi connectivity index (χ0n) is 11.7. The van der Waals surface area contributed by atoms with Gasteiger partial charge in [-0.15, -0.1) is 12.4 Å². The van der Waals surface area contributed by atoms with Gasteiger partial charge in [-0.1, -0.05) is 25.5 Å². The summed E-state index contributed by atoms with van der Waals surface area (Å²) in [6.45, 7) is 2.99. The molecular weight excluding hydrogens is 260 g/mol. The van der Waals surface area contributed by atoms with E-state index in [1.807, 2.05) is 31.3 Å². The molecule has 4 heteroatoms. The highest BCUT2D eigenvalue weighted by Crippen LogP contribution is 2.50. The summed E-state index contributed by atoms with van der Waals surface area (Å²) in [5.74, 6) is 0.200. The molecule has 0 saturated heterocycles. The zero-order chi connectivity index (χ0) is 13.0. The second kappa shape index (κ2) is 6.92. The second-order valence-electron chi connectivity index (χ2n) is 5.21. The summed E-state index contributed by atoms with van der Waals surface area (Å²) in [6.07, 6.45) is 4.18. The van der Waals surface area contributed by atoms with E-state index in [0.717, 1.165) is 37.9 Å². The van der Waals surface area contributed by atoms with Crippen LogP contribution in [0.3, 0.4) is 0 Å². The van der Waals surface area contributed by atoms with Gasteiger partial charge in [0.1, 0.15) is 0 Å². The maximum atomic E-state index is 12.2. The molecule has 0 unspecified atom stereocenters. The van der Waals surface area contributed by atoms with E-state index in [4.69, 9.17) is 0 Å². The van der Waals surface area contributed by atoms with Crippen molar-refractivity contribution in [3.63, 3.8) is 0 Å². The lowest BCUT2D eigenvalue weighted by molar-refractivity contribution is -0.121. The van der Waals surface area contributed by atoms with Crippen LogP contribution in [0.1, 0.15) is 38.2 Å². The average Bonchev–Trinajstić information content (AvgIpc) is 3.13. The van der Waals surface area contributed by atoms with Crippen molar-refractivity contribution in [2.45, 2.75) is 39.2 Å². The predicted octanol–water partition coefficient (Wildman–Crippen LogP) is 3.35. The number of hydrogen-bond donors (Lipinski definition) is 2. The molecule has 106 valence electrons. The second-order valence-corrected chi connectivity index (χ2v) is 5.21. The van der Waals surface area contributed by atoms with Gasteiger partial charge in [-0.05, 0) is 44.0 Å². The van der Waals surface area contributed by atoms with Crippen LogP contribution >= 0.6 is 12.4 Å². The molecule has 1 aromatic rings. The molecule has 0 radical (unpaired) electrons. The first kappa shape index (κ1) is 16.0. The lowest BCUT2D eigenvalue weighted by Gasteiger charge is -2.14. The third kappa shape index (κ3) is 3.95. The third-order valence-electron chi connectivity index (χ3n) is 3.66. The Labute approximate surface area is 121 Å². The predicted molar refractivity (Wildman–Crippen MR) is 81.7 cm³/mol. The summed E-state index contributed by atoms with van der Waals surface area (Å²) < 4.78 is 0. The standard InChI is InChI=1S/C15H22N2O.ClH/c1-3-8-15(9-10-15)14(18)17-13-6-4-12(5-7-13)11-16-2;/h4-7,16H,3,8-11H2,1-2H3,(H,17,18);1H. The molecule has 0 atom stereocenters. The van der Waals surface area contributed by atoms with Crippen LogP contribution in [-0.4, -0.2) is 13.0 Å². The molecule has 0 aromatic heterocycles. The largest absolute Gasteiger partial charge is 0.326 e. The van der Waals surface area contributed by atoms with Gasteiger partial charge < -0.3 is 10.6 Å². The van der Waals surface area contributed by atoms with Crippen molar-refractivity contribution in [1.29, 1.82) is 0 Å². The first-order valence-electron chi connectivity index (χ1n) is 6.75. The molecule has 2 rings (SSSR count). The van der Waals surface area contributed by atoms with E-state index in [2.05, 4.69) is 17.6 Å². The summed E-state index contributed by atoms with van der Waals surface area (Å²) >= 11 is 0. The molecule has 1 amide bonds. The normalized spacial score (nSPS) is 15.5. The maximum Gasteiger partial charge on any atom is 0.230 e. The minimum Gasteiger partial charge on any atom is -0.326 e. The Balaban J connectivity index is 0.00000180. The van der Waals surface area contributed by atoms with Crippen molar-refractivity contribution in [1.82, 2.24) is 5.32 Å². The van der Waals surface area contributed by atoms with Crippen LogP contribution in [0.5, 0.6) is 0 Å². The van der Waals surface area contributed by atoms with E-state index in [1.54, 1.807) is 0 Å². The summed E-state index contributed by atoms with van der Waals surface area (Å²) in [6, 6.07) is 8.05. The number of anilines is 1. The van der Waals surface area contributed by atoms with E-state index in [9.17, 15) is 4.79 Å². The number of benzene rings is 1. The minimum absolute atomic E-state index is 0.